The van der Waals surface area contributed by atoms with Gasteiger partial charge in [0.1, 0.15) is 6.10 Å². The number of hydrogen-bond donors (Lipinski definition) is 0. The monoisotopic (exact) mass is 353 g/mol. The molecule has 9 nitrogen and oxygen atoms in total. The minimum Gasteiger partial charge on any atom is -0.467 e. The quantitative estimate of drug-likeness (QED) is 0.448. The summed E-state index contributed by atoms with van der Waals surface area (Å²) in [6, 6.07) is 4.49. The summed E-state index contributed by atoms with van der Waals surface area (Å²) in [5.74, 6) is -1.13. The lowest BCUT2D eigenvalue weighted by molar-refractivity contribution is -0.386. The smallest absolute Gasteiger partial charge is 0.335 e. The third kappa shape index (κ3) is 4.90. The Morgan fingerprint density at radius 1 is 1.32 bits per heavy atom. The van der Waals surface area contributed by atoms with Crippen molar-refractivity contribution in [3.8, 4) is 5.75 Å². The lowest BCUT2D eigenvalue weighted by atomic mass is 10.0. The van der Waals surface area contributed by atoms with Crippen LogP contribution in [0, 0.1) is 17.0 Å². The molecule has 1 saturated heterocycles. The molecule has 0 aliphatic carbocycles. The summed E-state index contributed by atoms with van der Waals surface area (Å²) in [6.07, 6.45) is -2.34. The summed E-state index contributed by atoms with van der Waals surface area (Å²) >= 11 is 0. The van der Waals surface area contributed by atoms with Crippen molar-refractivity contribution in [2.75, 3.05) is 7.11 Å². The number of hydrogen-bond acceptors (Lipinski definition) is 8. The molecule has 1 aliphatic heterocycles. The normalized spacial score (nSPS) is 22.8. The van der Waals surface area contributed by atoms with Gasteiger partial charge >= 0.3 is 17.6 Å². The Morgan fingerprint density at radius 3 is 2.64 bits per heavy atom. The van der Waals surface area contributed by atoms with Crippen LogP contribution in [0.2, 0.25) is 0 Å². The molecule has 0 saturated carbocycles. The van der Waals surface area contributed by atoms with E-state index in [1.165, 1.54) is 26.2 Å². The van der Waals surface area contributed by atoms with Gasteiger partial charge < -0.3 is 18.9 Å². The SMILES string of the molecule is COC(=O)[C@@H]1CC(OC(C)=O)CC(Oc2ccc(C)cc2[N+](=O)[O-])O1. The van der Waals surface area contributed by atoms with Gasteiger partial charge in [0.25, 0.3) is 0 Å². The van der Waals surface area contributed by atoms with Gasteiger partial charge in [-0.25, -0.2) is 4.79 Å². The van der Waals surface area contributed by atoms with Crippen molar-refractivity contribution >= 4 is 17.6 Å². The molecule has 0 amide bonds. The minimum absolute atomic E-state index is 0.00712. The largest absolute Gasteiger partial charge is 0.467 e. The van der Waals surface area contributed by atoms with Crippen LogP contribution in [0.4, 0.5) is 5.69 Å². The summed E-state index contributed by atoms with van der Waals surface area (Å²) in [6.45, 7) is 2.97. The van der Waals surface area contributed by atoms with E-state index >= 15 is 0 Å². The molecule has 1 heterocycles. The molecule has 0 radical (unpaired) electrons. The number of nitrogens with zero attached hydrogens (tertiary/aromatic N) is 1. The molecule has 0 N–H and O–H groups in total. The highest BCUT2D eigenvalue weighted by Gasteiger charge is 2.37. The van der Waals surface area contributed by atoms with Crippen LogP contribution in [0.25, 0.3) is 0 Å². The Morgan fingerprint density at radius 2 is 2.04 bits per heavy atom. The molecule has 2 unspecified atom stereocenters. The van der Waals surface area contributed by atoms with Crippen molar-refractivity contribution in [1.82, 2.24) is 0 Å². The highest BCUT2D eigenvalue weighted by atomic mass is 16.7. The fraction of sp³-hybridized carbons (Fsp3) is 0.500. The number of benzene rings is 1. The molecule has 0 spiro atoms. The number of nitro groups is 1. The van der Waals surface area contributed by atoms with Crippen molar-refractivity contribution in [3.63, 3.8) is 0 Å². The van der Waals surface area contributed by atoms with Crippen LogP contribution in [0.1, 0.15) is 25.3 Å². The predicted molar refractivity (Wildman–Crippen MR) is 83.9 cm³/mol. The minimum atomic E-state index is -0.997. The first-order valence-corrected chi connectivity index (χ1v) is 7.62. The molecule has 25 heavy (non-hydrogen) atoms. The molecule has 1 aromatic carbocycles. The second kappa shape index (κ2) is 7.93. The fourth-order valence-corrected chi connectivity index (χ4v) is 2.55. The van der Waals surface area contributed by atoms with Crippen LogP contribution < -0.4 is 4.74 Å². The first-order valence-electron chi connectivity index (χ1n) is 7.62. The number of carbonyl (C=O) groups excluding carboxylic acids is 2. The van der Waals surface area contributed by atoms with Gasteiger partial charge in [0, 0.05) is 25.8 Å². The lowest BCUT2D eigenvalue weighted by Crippen LogP contribution is -2.44. The van der Waals surface area contributed by atoms with Crippen LogP contribution in [0.15, 0.2) is 18.2 Å². The number of rotatable bonds is 5. The van der Waals surface area contributed by atoms with Crippen molar-refractivity contribution in [2.45, 2.75) is 45.2 Å². The maximum atomic E-state index is 11.8. The van der Waals surface area contributed by atoms with E-state index < -0.39 is 35.4 Å². The maximum Gasteiger partial charge on any atom is 0.335 e. The summed E-state index contributed by atoms with van der Waals surface area (Å²) in [5.41, 5.74) is 0.488. The highest BCUT2D eigenvalue weighted by molar-refractivity contribution is 5.74. The molecule has 136 valence electrons. The van der Waals surface area contributed by atoms with Gasteiger partial charge in [-0.2, -0.15) is 0 Å². The Hall–Kier alpha value is -2.68. The predicted octanol–water partition coefficient (Wildman–Crippen LogP) is 1.89. The van der Waals surface area contributed by atoms with E-state index in [4.69, 9.17) is 14.2 Å². The van der Waals surface area contributed by atoms with E-state index in [0.717, 1.165) is 0 Å². The standard InChI is InChI=1S/C16H19NO8/c1-9-4-5-13(12(6-9)17(20)21)24-15-8-11(23-10(2)18)7-14(25-15)16(19)22-3/h4-6,11,14-15H,7-8H2,1-3H3/t11?,14-,15?/m0/s1. The Labute approximate surface area is 144 Å². The number of methoxy groups -OCH3 is 1. The highest BCUT2D eigenvalue weighted by Crippen LogP contribution is 2.32. The van der Waals surface area contributed by atoms with Crippen molar-refractivity contribution in [3.05, 3.63) is 33.9 Å². The summed E-state index contributed by atoms with van der Waals surface area (Å²) < 4.78 is 20.9. The average molecular weight is 353 g/mol. The van der Waals surface area contributed by atoms with Gasteiger partial charge in [0.15, 0.2) is 11.9 Å². The van der Waals surface area contributed by atoms with E-state index in [2.05, 4.69) is 4.74 Å². The molecule has 0 bridgehead atoms. The Kier molecular flexibility index (Phi) is 5.92. The third-order valence-corrected chi connectivity index (χ3v) is 3.61. The van der Waals surface area contributed by atoms with Crippen molar-refractivity contribution in [2.24, 2.45) is 0 Å². The molecular formula is C16H19NO8. The number of aryl methyl sites for hydroxylation is 1. The van der Waals surface area contributed by atoms with Crippen molar-refractivity contribution in [1.29, 1.82) is 0 Å². The second-order valence-electron chi connectivity index (χ2n) is 5.63. The van der Waals surface area contributed by atoms with Gasteiger partial charge in [-0.05, 0) is 18.6 Å². The Bertz CT molecular complexity index is 674. The number of nitro benzene ring substituents is 1. The molecule has 1 aromatic rings. The first kappa shape index (κ1) is 18.7. The zero-order valence-electron chi connectivity index (χ0n) is 14.1. The van der Waals surface area contributed by atoms with Gasteiger partial charge in [-0.1, -0.05) is 6.07 Å². The van der Waals surface area contributed by atoms with Crippen molar-refractivity contribution < 1.29 is 33.5 Å². The van der Waals surface area contributed by atoms with E-state index in [-0.39, 0.29) is 24.3 Å². The zero-order chi connectivity index (χ0) is 18.6. The molecule has 0 aromatic heterocycles. The molecule has 9 heteroatoms. The van der Waals surface area contributed by atoms with Crippen LogP contribution >= 0.6 is 0 Å². The Balaban J connectivity index is 2.20. The van der Waals surface area contributed by atoms with Crippen LogP contribution in [0.3, 0.4) is 0 Å². The summed E-state index contributed by atoms with van der Waals surface area (Å²) in [7, 11) is 1.21. The third-order valence-electron chi connectivity index (χ3n) is 3.61. The summed E-state index contributed by atoms with van der Waals surface area (Å²) in [4.78, 5) is 33.6. The van der Waals surface area contributed by atoms with Gasteiger partial charge in [-0.3, -0.25) is 14.9 Å². The number of ether oxygens (including phenoxy) is 4. The first-order chi connectivity index (χ1) is 11.8. The van der Waals surface area contributed by atoms with E-state index in [9.17, 15) is 19.7 Å². The number of esters is 2. The van der Waals surface area contributed by atoms with E-state index in [0.29, 0.717) is 5.56 Å². The van der Waals surface area contributed by atoms with Gasteiger partial charge in [-0.15, -0.1) is 0 Å². The zero-order valence-corrected chi connectivity index (χ0v) is 14.1. The molecule has 1 aliphatic rings. The lowest BCUT2D eigenvalue weighted by Gasteiger charge is -2.33. The molecule has 1 fully saturated rings. The molecule has 3 atom stereocenters. The van der Waals surface area contributed by atoms with E-state index in [1.807, 2.05) is 0 Å². The topological polar surface area (TPSA) is 114 Å². The maximum absolute atomic E-state index is 11.8. The van der Waals surface area contributed by atoms with Crippen LogP contribution in [-0.2, 0) is 23.8 Å². The molecular weight excluding hydrogens is 334 g/mol. The van der Waals surface area contributed by atoms with E-state index in [1.54, 1.807) is 13.0 Å². The number of carbonyl (C=O) groups is 2. The van der Waals surface area contributed by atoms with Crippen LogP contribution in [0.5, 0.6) is 5.75 Å². The second-order valence-corrected chi connectivity index (χ2v) is 5.63. The van der Waals surface area contributed by atoms with Gasteiger partial charge in [0.05, 0.1) is 12.0 Å². The summed E-state index contributed by atoms with van der Waals surface area (Å²) in [5, 5.41) is 11.2. The average Bonchev–Trinajstić information content (AvgIpc) is 2.54. The van der Waals surface area contributed by atoms with Gasteiger partial charge in [0.2, 0.25) is 6.29 Å². The molecule has 2 rings (SSSR count). The fourth-order valence-electron chi connectivity index (χ4n) is 2.55. The van der Waals surface area contributed by atoms with Crippen LogP contribution in [-0.4, -0.2) is 42.5 Å².